The average Bonchev–Trinajstić information content (AvgIpc) is 2.85. The van der Waals surface area contributed by atoms with E-state index in [1.807, 2.05) is 0 Å². The van der Waals surface area contributed by atoms with Crippen molar-refractivity contribution >= 4 is 5.97 Å². The van der Waals surface area contributed by atoms with Crippen molar-refractivity contribution in [2.75, 3.05) is 6.61 Å². The van der Waals surface area contributed by atoms with Crippen LogP contribution in [0.15, 0.2) is 10.6 Å². The summed E-state index contributed by atoms with van der Waals surface area (Å²) in [6, 6.07) is 1.68. The van der Waals surface area contributed by atoms with Crippen LogP contribution in [0.4, 0.5) is 0 Å². The second kappa shape index (κ2) is 4.13. The highest BCUT2D eigenvalue weighted by atomic mass is 16.5. The molecule has 0 unspecified atom stereocenters. The molecule has 7 heteroatoms. The number of nitrogens with zero attached hydrogens (tertiary/aromatic N) is 3. The average molecular weight is 222 g/mol. The van der Waals surface area contributed by atoms with Crippen molar-refractivity contribution in [3.8, 4) is 11.6 Å². The van der Waals surface area contributed by atoms with Gasteiger partial charge in [-0.2, -0.15) is 4.98 Å². The molecule has 0 saturated heterocycles. The monoisotopic (exact) mass is 222 g/mol. The number of aryl methyl sites for hydroxylation is 1. The fourth-order valence-electron chi connectivity index (χ4n) is 1.13. The lowest BCUT2D eigenvalue weighted by molar-refractivity contribution is 0.0512. The van der Waals surface area contributed by atoms with Crippen LogP contribution in [0, 0.1) is 6.92 Å². The Morgan fingerprint density at radius 2 is 2.44 bits per heavy atom. The largest absolute Gasteiger partial charge is 0.460 e. The summed E-state index contributed by atoms with van der Waals surface area (Å²) in [4.78, 5) is 15.2. The summed E-state index contributed by atoms with van der Waals surface area (Å²) < 4.78 is 9.72. The molecule has 0 saturated carbocycles. The number of esters is 1. The number of carbonyl (C=O) groups excluding carboxylic acids is 1. The van der Waals surface area contributed by atoms with Gasteiger partial charge < -0.3 is 9.26 Å². The molecule has 0 radical (unpaired) electrons. The number of aromatic amines is 1. The molecular weight excluding hydrogens is 212 g/mol. The highest BCUT2D eigenvalue weighted by molar-refractivity contribution is 5.85. The molecule has 2 aromatic heterocycles. The van der Waals surface area contributed by atoms with Gasteiger partial charge in [0.15, 0.2) is 0 Å². The summed E-state index contributed by atoms with van der Waals surface area (Å²) >= 11 is 0. The molecule has 0 atom stereocenters. The van der Waals surface area contributed by atoms with E-state index >= 15 is 0 Å². The normalized spacial score (nSPS) is 10.4. The van der Waals surface area contributed by atoms with Crippen LogP contribution in [0.2, 0.25) is 0 Å². The lowest BCUT2D eigenvalue weighted by Crippen LogP contribution is -2.06. The first-order valence-corrected chi connectivity index (χ1v) is 4.74. The van der Waals surface area contributed by atoms with E-state index in [4.69, 9.17) is 9.26 Å². The minimum Gasteiger partial charge on any atom is -0.460 e. The summed E-state index contributed by atoms with van der Waals surface area (Å²) in [6.07, 6.45) is 0. The second-order valence-electron chi connectivity index (χ2n) is 3.06. The number of nitrogens with one attached hydrogen (secondary N) is 1. The van der Waals surface area contributed by atoms with Crippen molar-refractivity contribution in [3.05, 3.63) is 17.6 Å². The van der Waals surface area contributed by atoms with Crippen molar-refractivity contribution in [1.29, 1.82) is 0 Å². The Morgan fingerprint density at radius 1 is 1.62 bits per heavy atom. The second-order valence-corrected chi connectivity index (χ2v) is 3.06. The first-order chi connectivity index (χ1) is 7.70. The van der Waals surface area contributed by atoms with Gasteiger partial charge in [-0.3, -0.25) is 5.10 Å². The quantitative estimate of drug-likeness (QED) is 0.777. The Balaban J connectivity index is 2.22. The van der Waals surface area contributed by atoms with E-state index in [0.717, 1.165) is 5.69 Å². The third kappa shape index (κ3) is 1.92. The van der Waals surface area contributed by atoms with Gasteiger partial charge in [0.1, 0.15) is 0 Å². The van der Waals surface area contributed by atoms with Gasteiger partial charge >= 0.3 is 5.97 Å². The molecule has 0 aliphatic heterocycles. The molecule has 84 valence electrons. The SMILES string of the molecule is CCOC(=O)c1nc(-c2cc(C)no2)n[nH]1. The first-order valence-electron chi connectivity index (χ1n) is 4.74. The molecule has 0 bridgehead atoms. The van der Waals surface area contributed by atoms with Gasteiger partial charge in [-0.15, -0.1) is 5.10 Å². The lowest BCUT2D eigenvalue weighted by Gasteiger charge is -1.94. The van der Waals surface area contributed by atoms with E-state index in [2.05, 4.69) is 20.3 Å². The lowest BCUT2D eigenvalue weighted by atomic mass is 10.4. The van der Waals surface area contributed by atoms with Crippen LogP contribution in [0.5, 0.6) is 0 Å². The minimum atomic E-state index is -0.544. The van der Waals surface area contributed by atoms with Gasteiger partial charge in [-0.1, -0.05) is 5.16 Å². The zero-order chi connectivity index (χ0) is 11.5. The van der Waals surface area contributed by atoms with Crippen LogP contribution in [0.1, 0.15) is 23.2 Å². The predicted octanol–water partition coefficient (Wildman–Crippen LogP) is 0.945. The maximum absolute atomic E-state index is 11.3. The number of carbonyl (C=O) groups is 1. The highest BCUT2D eigenvalue weighted by Gasteiger charge is 2.16. The summed E-state index contributed by atoms with van der Waals surface area (Å²) in [7, 11) is 0. The number of hydrogen-bond acceptors (Lipinski definition) is 6. The summed E-state index contributed by atoms with van der Waals surface area (Å²) in [5.41, 5.74) is 0.720. The molecule has 1 N–H and O–H groups in total. The molecule has 16 heavy (non-hydrogen) atoms. The number of ether oxygens (including phenoxy) is 1. The maximum atomic E-state index is 11.3. The van der Waals surface area contributed by atoms with Gasteiger partial charge in [-0.25, -0.2) is 4.79 Å². The van der Waals surface area contributed by atoms with Gasteiger partial charge in [0, 0.05) is 6.07 Å². The first kappa shape index (κ1) is 10.3. The molecular formula is C9H10N4O3. The minimum absolute atomic E-state index is 0.0471. The summed E-state index contributed by atoms with van der Waals surface area (Å²) in [5.74, 6) is 0.191. The molecule has 0 fully saturated rings. The number of H-pyrrole nitrogens is 1. The van der Waals surface area contributed by atoms with E-state index in [1.54, 1.807) is 19.9 Å². The van der Waals surface area contributed by atoms with Crippen LogP contribution in [-0.2, 0) is 4.74 Å². The zero-order valence-electron chi connectivity index (χ0n) is 8.85. The van der Waals surface area contributed by atoms with Crippen molar-refractivity contribution in [2.24, 2.45) is 0 Å². The van der Waals surface area contributed by atoms with Crippen molar-refractivity contribution in [1.82, 2.24) is 20.3 Å². The van der Waals surface area contributed by atoms with Crippen LogP contribution in [0.3, 0.4) is 0 Å². The Hall–Kier alpha value is -2.18. The molecule has 0 aromatic carbocycles. The van der Waals surface area contributed by atoms with Crippen molar-refractivity contribution in [2.45, 2.75) is 13.8 Å². The van der Waals surface area contributed by atoms with E-state index < -0.39 is 5.97 Å². The van der Waals surface area contributed by atoms with Crippen molar-refractivity contribution in [3.63, 3.8) is 0 Å². The predicted molar refractivity (Wildman–Crippen MR) is 52.6 cm³/mol. The standard InChI is InChI=1S/C9H10N4O3/c1-3-15-9(14)8-10-7(11-12-8)6-4-5(2)13-16-6/h4H,3H2,1-2H3,(H,10,11,12). The maximum Gasteiger partial charge on any atom is 0.375 e. The molecule has 0 aliphatic rings. The van der Waals surface area contributed by atoms with E-state index in [9.17, 15) is 4.79 Å². The smallest absolute Gasteiger partial charge is 0.375 e. The van der Waals surface area contributed by atoms with Crippen LogP contribution >= 0.6 is 0 Å². The van der Waals surface area contributed by atoms with Crippen LogP contribution < -0.4 is 0 Å². The third-order valence-electron chi connectivity index (χ3n) is 1.80. The third-order valence-corrected chi connectivity index (χ3v) is 1.80. The van der Waals surface area contributed by atoms with E-state index in [-0.39, 0.29) is 18.3 Å². The zero-order valence-corrected chi connectivity index (χ0v) is 8.85. The van der Waals surface area contributed by atoms with E-state index in [0.29, 0.717) is 5.76 Å². The Labute approximate surface area is 90.8 Å². The van der Waals surface area contributed by atoms with Gasteiger partial charge in [0.05, 0.1) is 12.3 Å². The van der Waals surface area contributed by atoms with Crippen LogP contribution in [-0.4, -0.2) is 32.9 Å². The summed E-state index contributed by atoms with van der Waals surface area (Å²) in [5, 5.41) is 10.0. The Bertz CT molecular complexity index is 502. The Kier molecular flexibility index (Phi) is 2.67. The molecule has 2 rings (SSSR count). The van der Waals surface area contributed by atoms with Gasteiger partial charge in [0.25, 0.3) is 0 Å². The molecule has 0 amide bonds. The molecule has 0 spiro atoms. The van der Waals surface area contributed by atoms with Gasteiger partial charge in [-0.05, 0) is 13.8 Å². The molecule has 2 heterocycles. The van der Waals surface area contributed by atoms with E-state index in [1.165, 1.54) is 0 Å². The number of aromatic nitrogens is 4. The van der Waals surface area contributed by atoms with Gasteiger partial charge in [0.2, 0.25) is 17.4 Å². The fraction of sp³-hybridized carbons (Fsp3) is 0.333. The fourth-order valence-corrected chi connectivity index (χ4v) is 1.13. The topological polar surface area (TPSA) is 93.9 Å². The molecule has 7 nitrogen and oxygen atoms in total. The number of rotatable bonds is 3. The van der Waals surface area contributed by atoms with Crippen LogP contribution in [0.25, 0.3) is 11.6 Å². The summed E-state index contributed by atoms with van der Waals surface area (Å²) in [6.45, 7) is 3.79. The van der Waals surface area contributed by atoms with Crippen molar-refractivity contribution < 1.29 is 14.1 Å². The molecule has 0 aliphatic carbocycles. The highest BCUT2D eigenvalue weighted by Crippen LogP contribution is 2.15. The Morgan fingerprint density at radius 3 is 3.06 bits per heavy atom. The molecule has 2 aromatic rings. The number of hydrogen-bond donors (Lipinski definition) is 1.